The first-order valence-electron chi connectivity index (χ1n) is 11.3. The quantitative estimate of drug-likeness (QED) is 0.549. The van der Waals surface area contributed by atoms with Gasteiger partial charge in [-0.05, 0) is 54.8 Å². The van der Waals surface area contributed by atoms with Crippen molar-refractivity contribution in [3.8, 4) is 11.8 Å². The molecular weight excluding hydrogens is 426 g/mol. The van der Waals surface area contributed by atoms with Gasteiger partial charge in [-0.1, -0.05) is 42.5 Å². The van der Waals surface area contributed by atoms with E-state index in [1.165, 1.54) is 0 Å². The molecule has 0 bridgehead atoms. The third-order valence-corrected chi connectivity index (χ3v) is 6.24. The van der Waals surface area contributed by atoms with Crippen molar-refractivity contribution in [3.05, 3.63) is 89.0 Å². The van der Waals surface area contributed by atoms with E-state index in [1.807, 2.05) is 80.6 Å². The Labute approximate surface area is 199 Å². The van der Waals surface area contributed by atoms with Crippen LogP contribution in [0.1, 0.15) is 28.7 Å². The topological polar surface area (TPSA) is 82.4 Å². The fourth-order valence-electron chi connectivity index (χ4n) is 4.10. The minimum Gasteiger partial charge on any atom is -0.489 e. The molecule has 0 aromatic heterocycles. The first-order chi connectivity index (χ1) is 16.5. The van der Waals surface area contributed by atoms with Crippen LogP contribution in [0, 0.1) is 31.1 Å². The molecule has 0 radical (unpaired) electrons. The second kappa shape index (κ2) is 10.2. The van der Waals surface area contributed by atoms with Crippen molar-refractivity contribution in [3.63, 3.8) is 0 Å². The molecule has 1 aliphatic rings. The number of hydrogen-bond donors (Lipinski definition) is 1. The molecule has 6 heteroatoms. The Morgan fingerprint density at radius 1 is 1.09 bits per heavy atom. The number of nitrogens with zero attached hydrogens (tertiary/aromatic N) is 2. The predicted molar refractivity (Wildman–Crippen MR) is 132 cm³/mol. The number of aryl methyl sites for hydroxylation is 1. The molecule has 1 fully saturated rings. The Balaban J connectivity index is 1.41. The van der Waals surface area contributed by atoms with Crippen LogP contribution in [0.5, 0.6) is 5.75 Å². The third-order valence-electron chi connectivity index (χ3n) is 6.24. The van der Waals surface area contributed by atoms with Crippen LogP contribution in [0.25, 0.3) is 0 Å². The maximum absolute atomic E-state index is 13.1. The summed E-state index contributed by atoms with van der Waals surface area (Å²) in [6, 6.07) is 22.9. The summed E-state index contributed by atoms with van der Waals surface area (Å²) < 4.78 is 5.89. The number of carbonyl (C=O) groups is 2. The molecule has 172 valence electrons. The lowest BCUT2D eigenvalue weighted by Gasteiger charge is -2.20. The lowest BCUT2D eigenvalue weighted by atomic mass is 10.1. The average Bonchev–Trinajstić information content (AvgIpc) is 3.23. The largest absolute Gasteiger partial charge is 0.489 e. The van der Waals surface area contributed by atoms with Crippen molar-refractivity contribution in [2.75, 3.05) is 16.8 Å². The molecule has 2 amide bonds. The van der Waals surface area contributed by atoms with Crippen molar-refractivity contribution in [1.29, 1.82) is 5.26 Å². The number of rotatable bonds is 7. The molecule has 3 aromatic carbocycles. The van der Waals surface area contributed by atoms with Crippen LogP contribution in [0.2, 0.25) is 0 Å². The highest BCUT2D eigenvalue weighted by atomic mass is 16.5. The maximum atomic E-state index is 13.1. The summed E-state index contributed by atoms with van der Waals surface area (Å²) in [6.45, 7) is 4.66. The van der Waals surface area contributed by atoms with E-state index in [1.54, 1.807) is 4.90 Å². The number of nitrogens with one attached hydrogen (secondary N) is 1. The fraction of sp³-hybridized carbons (Fsp3) is 0.250. The highest BCUT2D eigenvalue weighted by molar-refractivity contribution is 6.04. The van der Waals surface area contributed by atoms with Crippen molar-refractivity contribution in [2.24, 2.45) is 5.92 Å². The summed E-state index contributed by atoms with van der Waals surface area (Å²) >= 11 is 0. The highest BCUT2D eigenvalue weighted by Gasteiger charge is 2.36. The molecule has 3 aromatic rings. The average molecular weight is 454 g/mol. The number of hydrogen-bond acceptors (Lipinski definition) is 4. The molecule has 0 spiro atoms. The second-order valence-electron chi connectivity index (χ2n) is 8.54. The minimum atomic E-state index is -0.422. The molecule has 0 aliphatic carbocycles. The van der Waals surface area contributed by atoms with E-state index in [4.69, 9.17) is 10.00 Å². The Morgan fingerprint density at radius 2 is 1.85 bits per heavy atom. The van der Waals surface area contributed by atoms with Gasteiger partial charge in [-0.3, -0.25) is 9.59 Å². The van der Waals surface area contributed by atoms with Gasteiger partial charge >= 0.3 is 0 Å². The van der Waals surface area contributed by atoms with Gasteiger partial charge in [0.15, 0.2) is 0 Å². The van der Waals surface area contributed by atoms with Crippen LogP contribution in [0.15, 0.2) is 66.7 Å². The SMILES string of the molecule is Cc1cccc(N2CC(C(=O)Nc3ccccc3COc3ccc(CC#N)cc3)CC2=O)c1C. The fourth-order valence-corrected chi connectivity index (χ4v) is 4.10. The summed E-state index contributed by atoms with van der Waals surface area (Å²) in [5, 5.41) is 11.8. The van der Waals surface area contributed by atoms with E-state index in [-0.39, 0.29) is 24.8 Å². The predicted octanol–water partition coefficient (Wildman–Crippen LogP) is 4.94. The standard InChI is InChI=1S/C28H27N3O3/c1-19-6-5-9-26(20(19)2)31-17-23(16-27(31)32)28(33)30-25-8-4-3-7-22(25)18-34-24-12-10-21(11-13-24)14-15-29/h3-13,23H,14,16-18H2,1-2H3,(H,30,33). The van der Waals surface area contributed by atoms with Gasteiger partial charge < -0.3 is 15.0 Å². The molecule has 4 rings (SSSR count). The summed E-state index contributed by atoms with van der Waals surface area (Å²) in [4.78, 5) is 27.5. The number of ether oxygens (including phenoxy) is 1. The Bertz CT molecular complexity index is 1240. The van der Waals surface area contributed by atoms with Crippen LogP contribution in [0.4, 0.5) is 11.4 Å². The zero-order valence-electron chi connectivity index (χ0n) is 19.4. The van der Waals surface area contributed by atoms with E-state index in [2.05, 4.69) is 11.4 Å². The van der Waals surface area contributed by atoms with Gasteiger partial charge in [0.1, 0.15) is 12.4 Å². The van der Waals surface area contributed by atoms with Gasteiger partial charge in [0.05, 0.1) is 18.4 Å². The van der Waals surface area contributed by atoms with Crippen molar-refractivity contribution < 1.29 is 14.3 Å². The molecule has 1 unspecified atom stereocenters. The molecule has 1 atom stereocenters. The van der Waals surface area contributed by atoms with Gasteiger partial charge in [-0.25, -0.2) is 0 Å². The van der Waals surface area contributed by atoms with Crippen LogP contribution in [-0.2, 0) is 22.6 Å². The summed E-state index contributed by atoms with van der Waals surface area (Å²) in [7, 11) is 0. The van der Waals surface area contributed by atoms with Gasteiger partial charge in [0.25, 0.3) is 0 Å². The van der Waals surface area contributed by atoms with Crippen LogP contribution in [0.3, 0.4) is 0 Å². The molecule has 34 heavy (non-hydrogen) atoms. The number of para-hydroxylation sites is 1. The van der Waals surface area contributed by atoms with Gasteiger partial charge in [0.2, 0.25) is 11.8 Å². The second-order valence-corrected chi connectivity index (χ2v) is 8.54. The van der Waals surface area contributed by atoms with Crippen LogP contribution >= 0.6 is 0 Å². The number of amides is 2. The summed E-state index contributed by atoms with van der Waals surface area (Å²) in [6.07, 6.45) is 0.548. The number of anilines is 2. The van der Waals surface area contributed by atoms with E-state index in [0.717, 1.165) is 27.9 Å². The lowest BCUT2D eigenvalue weighted by Crippen LogP contribution is -2.29. The van der Waals surface area contributed by atoms with E-state index < -0.39 is 5.92 Å². The van der Waals surface area contributed by atoms with E-state index in [0.29, 0.717) is 24.4 Å². The van der Waals surface area contributed by atoms with Gasteiger partial charge in [0, 0.05) is 29.9 Å². The Kier molecular flexibility index (Phi) is 6.93. The molecular formula is C28H27N3O3. The Morgan fingerprint density at radius 3 is 2.62 bits per heavy atom. The summed E-state index contributed by atoms with van der Waals surface area (Å²) in [5.41, 5.74) is 5.49. The third kappa shape index (κ3) is 5.10. The maximum Gasteiger partial charge on any atom is 0.229 e. The lowest BCUT2D eigenvalue weighted by molar-refractivity contribution is -0.122. The van der Waals surface area contributed by atoms with Gasteiger partial charge in [-0.2, -0.15) is 5.26 Å². The van der Waals surface area contributed by atoms with Crippen LogP contribution < -0.4 is 15.0 Å². The van der Waals surface area contributed by atoms with Gasteiger partial charge in [-0.15, -0.1) is 0 Å². The zero-order valence-corrected chi connectivity index (χ0v) is 19.4. The molecule has 1 heterocycles. The summed E-state index contributed by atoms with van der Waals surface area (Å²) in [5.74, 6) is 0.0576. The number of carbonyl (C=O) groups excluding carboxylic acids is 2. The number of benzene rings is 3. The molecule has 0 saturated carbocycles. The molecule has 1 aliphatic heterocycles. The molecule has 6 nitrogen and oxygen atoms in total. The highest BCUT2D eigenvalue weighted by Crippen LogP contribution is 2.30. The molecule has 1 saturated heterocycles. The minimum absolute atomic E-state index is 0.0367. The van der Waals surface area contributed by atoms with Crippen molar-refractivity contribution >= 4 is 23.2 Å². The van der Waals surface area contributed by atoms with Crippen molar-refractivity contribution in [2.45, 2.75) is 33.3 Å². The van der Waals surface area contributed by atoms with E-state index >= 15 is 0 Å². The first kappa shape index (κ1) is 23.1. The zero-order chi connectivity index (χ0) is 24.1. The van der Waals surface area contributed by atoms with Crippen molar-refractivity contribution in [1.82, 2.24) is 0 Å². The smallest absolute Gasteiger partial charge is 0.229 e. The van der Waals surface area contributed by atoms with Crippen LogP contribution in [-0.4, -0.2) is 18.4 Å². The first-order valence-corrected chi connectivity index (χ1v) is 11.3. The monoisotopic (exact) mass is 453 g/mol. The van der Waals surface area contributed by atoms with E-state index in [9.17, 15) is 9.59 Å². The number of nitriles is 1. The normalized spacial score (nSPS) is 15.1. The Hall–Kier alpha value is -4.11. The molecule has 1 N–H and O–H groups in total.